The molecule has 0 saturated heterocycles. The molecule has 0 aromatic carbocycles. The number of ether oxygens (including phenoxy) is 2. The first kappa shape index (κ1) is 23.6. The van der Waals surface area contributed by atoms with E-state index in [0.717, 1.165) is 44.9 Å². The van der Waals surface area contributed by atoms with Crippen LogP contribution in [0.2, 0.25) is 0 Å². The summed E-state index contributed by atoms with van der Waals surface area (Å²) < 4.78 is 9.42. The second kappa shape index (κ2) is 16.1. The molecule has 25 heavy (non-hydrogen) atoms. The van der Waals surface area contributed by atoms with Gasteiger partial charge in [-0.3, -0.25) is 14.4 Å². The van der Waals surface area contributed by atoms with E-state index < -0.39 is 0 Å². The predicted octanol–water partition coefficient (Wildman–Crippen LogP) is 3.17. The van der Waals surface area contributed by atoms with Crippen molar-refractivity contribution in [2.24, 2.45) is 0 Å². The summed E-state index contributed by atoms with van der Waals surface area (Å²) in [7, 11) is 2.77. The molecule has 6 nitrogen and oxygen atoms in total. The Morgan fingerprint density at radius 1 is 0.840 bits per heavy atom. The van der Waals surface area contributed by atoms with Crippen molar-refractivity contribution in [2.75, 3.05) is 20.8 Å². The fourth-order valence-corrected chi connectivity index (χ4v) is 2.60. The fraction of sp³-hybridized carbons (Fsp3) is 0.842. The van der Waals surface area contributed by atoms with Gasteiger partial charge in [-0.1, -0.05) is 39.0 Å². The molecule has 0 heterocycles. The molecule has 0 aliphatic heterocycles. The lowest BCUT2D eigenvalue weighted by Crippen LogP contribution is -2.38. The Bertz CT molecular complexity index is 384. The molecule has 0 aliphatic carbocycles. The second-order valence-corrected chi connectivity index (χ2v) is 6.30. The lowest BCUT2D eigenvalue weighted by molar-refractivity contribution is -0.143. The van der Waals surface area contributed by atoms with Crippen LogP contribution < -0.4 is 5.32 Å². The largest absolute Gasteiger partial charge is 0.469 e. The van der Waals surface area contributed by atoms with Gasteiger partial charge in [0.2, 0.25) is 0 Å². The molecular formula is C19H35NO5. The summed E-state index contributed by atoms with van der Waals surface area (Å²) in [6, 6.07) is -0.367. The van der Waals surface area contributed by atoms with Crippen LogP contribution in [0, 0.1) is 0 Å². The van der Waals surface area contributed by atoms with Crippen LogP contribution >= 0.6 is 0 Å². The summed E-state index contributed by atoms with van der Waals surface area (Å²) in [4.78, 5) is 34.6. The van der Waals surface area contributed by atoms with E-state index in [4.69, 9.17) is 4.74 Å². The maximum absolute atomic E-state index is 11.8. The highest BCUT2D eigenvalue weighted by Crippen LogP contribution is 2.09. The highest BCUT2D eigenvalue weighted by atomic mass is 16.5. The van der Waals surface area contributed by atoms with Gasteiger partial charge < -0.3 is 14.8 Å². The van der Waals surface area contributed by atoms with Gasteiger partial charge >= 0.3 is 11.9 Å². The van der Waals surface area contributed by atoms with Gasteiger partial charge in [-0.25, -0.2) is 0 Å². The summed E-state index contributed by atoms with van der Waals surface area (Å²) in [6.45, 7) is 2.62. The van der Waals surface area contributed by atoms with Gasteiger partial charge in [0.25, 0.3) is 0 Å². The Hall–Kier alpha value is -1.43. The quantitative estimate of drug-likeness (QED) is 0.337. The Morgan fingerprint density at radius 3 is 2.16 bits per heavy atom. The summed E-state index contributed by atoms with van der Waals surface area (Å²) >= 11 is 0. The van der Waals surface area contributed by atoms with Gasteiger partial charge in [-0.2, -0.15) is 0 Å². The number of unbranched alkanes of at least 4 members (excludes halogenated alkanes) is 5. The number of hydrogen-bond donors (Lipinski definition) is 1. The predicted molar refractivity (Wildman–Crippen MR) is 97.3 cm³/mol. The van der Waals surface area contributed by atoms with Crippen molar-refractivity contribution in [3.63, 3.8) is 0 Å². The zero-order valence-corrected chi connectivity index (χ0v) is 16.1. The average Bonchev–Trinajstić information content (AvgIpc) is 2.62. The summed E-state index contributed by atoms with van der Waals surface area (Å²) in [5.41, 5.74) is 0. The van der Waals surface area contributed by atoms with Gasteiger partial charge in [0.15, 0.2) is 0 Å². The molecule has 0 saturated carbocycles. The van der Waals surface area contributed by atoms with E-state index in [1.54, 1.807) is 0 Å². The Balaban J connectivity index is 3.91. The van der Waals surface area contributed by atoms with Crippen LogP contribution in [0.25, 0.3) is 0 Å². The zero-order valence-electron chi connectivity index (χ0n) is 16.1. The standard InChI is InChI=1S/C19H35NO5/c1-4-5-8-11-16(21)14-15-20-17(19(23)25-3)12-9-6-7-10-13-18(22)24-2/h17,20H,4-15H2,1-3H3. The second-order valence-electron chi connectivity index (χ2n) is 6.30. The van der Waals surface area contributed by atoms with Crippen molar-refractivity contribution in [3.8, 4) is 0 Å². The van der Waals surface area contributed by atoms with Crippen molar-refractivity contribution >= 4 is 17.7 Å². The number of Topliss-reactive ketones (excluding diaryl/α,β-unsaturated/α-hetero) is 1. The molecule has 0 bridgehead atoms. The van der Waals surface area contributed by atoms with Gasteiger partial charge in [0, 0.05) is 25.8 Å². The molecule has 6 heteroatoms. The minimum absolute atomic E-state index is 0.183. The van der Waals surface area contributed by atoms with Crippen LogP contribution in [0.4, 0.5) is 0 Å². The van der Waals surface area contributed by atoms with Crippen molar-refractivity contribution in [1.29, 1.82) is 0 Å². The Kier molecular flexibility index (Phi) is 15.1. The van der Waals surface area contributed by atoms with Crippen molar-refractivity contribution in [1.82, 2.24) is 5.32 Å². The maximum Gasteiger partial charge on any atom is 0.322 e. The molecule has 0 aromatic heterocycles. The lowest BCUT2D eigenvalue weighted by atomic mass is 10.1. The van der Waals surface area contributed by atoms with Crippen LogP contribution in [0.1, 0.15) is 77.6 Å². The number of carbonyl (C=O) groups is 3. The van der Waals surface area contributed by atoms with Gasteiger partial charge in [-0.05, 0) is 19.3 Å². The van der Waals surface area contributed by atoms with Gasteiger partial charge in [0.1, 0.15) is 11.8 Å². The molecule has 1 unspecified atom stereocenters. The van der Waals surface area contributed by atoms with Crippen LogP contribution in [-0.4, -0.2) is 44.5 Å². The third-order valence-corrected chi connectivity index (χ3v) is 4.19. The molecule has 0 amide bonds. The van der Waals surface area contributed by atoms with Crippen molar-refractivity contribution < 1.29 is 23.9 Å². The first-order valence-electron chi connectivity index (χ1n) is 9.44. The highest BCUT2D eigenvalue weighted by Gasteiger charge is 2.18. The fourth-order valence-electron chi connectivity index (χ4n) is 2.60. The topological polar surface area (TPSA) is 81.7 Å². The molecular weight excluding hydrogens is 322 g/mol. The van der Waals surface area contributed by atoms with Gasteiger partial charge in [-0.15, -0.1) is 0 Å². The lowest BCUT2D eigenvalue weighted by Gasteiger charge is -2.16. The number of methoxy groups -OCH3 is 2. The number of hydrogen-bond acceptors (Lipinski definition) is 6. The minimum Gasteiger partial charge on any atom is -0.469 e. The maximum atomic E-state index is 11.8. The van der Waals surface area contributed by atoms with Crippen LogP contribution in [0.3, 0.4) is 0 Å². The molecule has 0 rings (SSSR count). The molecule has 0 aliphatic rings. The molecule has 0 radical (unpaired) electrons. The van der Waals surface area contributed by atoms with Crippen LogP contribution in [0.5, 0.6) is 0 Å². The Labute approximate surface area is 152 Å². The SMILES string of the molecule is CCCCCC(=O)CCNC(CCCCCCC(=O)OC)C(=O)OC. The highest BCUT2D eigenvalue weighted by molar-refractivity contribution is 5.79. The number of rotatable bonds is 16. The summed E-state index contributed by atoms with van der Waals surface area (Å²) in [6.07, 6.45) is 8.88. The van der Waals surface area contributed by atoms with E-state index in [0.29, 0.717) is 32.2 Å². The normalized spacial score (nSPS) is 11.8. The smallest absolute Gasteiger partial charge is 0.322 e. The third-order valence-electron chi connectivity index (χ3n) is 4.19. The van der Waals surface area contributed by atoms with Crippen LogP contribution in [0.15, 0.2) is 0 Å². The monoisotopic (exact) mass is 357 g/mol. The third kappa shape index (κ3) is 13.5. The van der Waals surface area contributed by atoms with Gasteiger partial charge in [0.05, 0.1) is 14.2 Å². The summed E-state index contributed by atoms with van der Waals surface area (Å²) in [5, 5.41) is 3.14. The molecule has 0 aromatic rings. The summed E-state index contributed by atoms with van der Waals surface area (Å²) in [5.74, 6) is -0.224. The van der Waals surface area contributed by atoms with Crippen molar-refractivity contribution in [3.05, 3.63) is 0 Å². The molecule has 0 spiro atoms. The van der Waals surface area contributed by atoms with E-state index in [1.165, 1.54) is 14.2 Å². The molecule has 1 N–H and O–H groups in total. The first-order valence-corrected chi connectivity index (χ1v) is 9.44. The number of ketones is 1. The van der Waals surface area contributed by atoms with E-state index in [9.17, 15) is 14.4 Å². The van der Waals surface area contributed by atoms with E-state index in [1.807, 2.05) is 0 Å². The number of carbonyl (C=O) groups excluding carboxylic acids is 3. The average molecular weight is 357 g/mol. The number of esters is 2. The van der Waals surface area contributed by atoms with E-state index in [-0.39, 0.29) is 23.8 Å². The molecule has 1 atom stereocenters. The molecule has 0 fully saturated rings. The zero-order chi connectivity index (χ0) is 18.9. The van der Waals surface area contributed by atoms with Crippen molar-refractivity contribution in [2.45, 2.75) is 83.6 Å². The number of nitrogens with one attached hydrogen (secondary N) is 1. The Morgan fingerprint density at radius 2 is 1.52 bits per heavy atom. The van der Waals surface area contributed by atoms with E-state index in [2.05, 4.69) is 17.0 Å². The minimum atomic E-state index is -0.367. The van der Waals surface area contributed by atoms with E-state index >= 15 is 0 Å². The molecule has 146 valence electrons. The first-order chi connectivity index (χ1) is 12.0. The van der Waals surface area contributed by atoms with Crippen LogP contribution in [-0.2, 0) is 23.9 Å².